The summed E-state index contributed by atoms with van der Waals surface area (Å²) in [4.78, 5) is 0. The lowest BCUT2D eigenvalue weighted by atomic mass is 10.2. The summed E-state index contributed by atoms with van der Waals surface area (Å²) in [5, 5.41) is 0. The van der Waals surface area contributed by atoms with E-state index in [1.165, 1.54) is 20.0 Å². The molecule has 3 nitrogen and oxygen atoms in total. The minimum Gasteiger partial charge on any atom is -0.314 e. The van der Waals surface area contributed by atoms with Gasteiger partial charge < -0.3 is 9.05 Å². The number of hydrogen-bond acceptors (Lipinski definition) is 3. The van der Waals surface area contributed by atoms with Crippen LogP contribution in [0.1, 0.15) is 32.6 Å². The molecule has 0 fully saturated rings. The molecule has 0 amide bonds. The molecule has 0 aromatic rings. The van der Waals surface area contributed by atoms with Crippen molar-refractivity contribution >= 4 is 8.25 Å². The second-order valence-corrected chi connectivity index (χ2v) is 3.56. The van der Waals surface area contributed by atoms with Gasteiger partial charge in [-0.2, -0.15) is 0 Å². The zero-order chi connectivity index (χ0) is 8.53. The quantitative estimate of drug-likeness (QED) is 0.446. The molecule has 0 N–H and O–H groups in total. The summed E-state index contributed by atoms with van der Waals surface area (Å²) in [6, 6.07) is 0. The Labute approximate surface area is 69.0 Å². The van der Waals surface area contributed by atoms with Crippen LogP contribution >= 0.6 is 8.25 Å². The van der Waals surface area contributed by atoms with E-state index in [2.05, 4.69) is 11.4 Å². The Balaban J connectivity index is 2.95. The maximum Gasteiger partial charge on any atom is 0.318 e. The summed E-state index contributed by atoms with van der Waals surface area (Å²) in [6.45, 7) is 2.71. The summed E-state index contributed by atoms with van der Waals surface area (Å²) >= 11 is 0. The van der Waals surface area contributed by atoms with Crippen molar-refractivity contribution in [3.8, 4) is 0 Å². The lowest BCUT2D eigenvalue weighted by Gasteiger charge is -2.00. The Morgan fingerprint density at radius 3 is 2.55 bits per heavy atom. The van der Waals surface area contributed by atoms with Crippen molar-refractivity contribution in [3.63, 3.8) is 0 Å². The van der Waals surface area contributed by atoms with E-state index in [1.54, 1.807) is 0 Å². The second-order valence-electron chi connectivity index (χ2n) is 2.36. The SMILES string of the molecule is CCCCCCO[PH](=O)OC. The van der Waals surface area contributed by atoms with E-state index in [1.807, 2.05) is 0 Å². The average molecular weight is 180 g/mol. The third kappa shape index (κ3) is 8.05. The van der Waals surface area contributed by atoms with Gasteiger partial charge in [0, 0.05) is 7.11 Å². The number of unbranched alkanes of at least 4 members (excludes halogenated alkanes) is 3. The Kier molecular flexibility index (Phi) is 8.36. The molecule has 0 rings (SSSR count). The molecule has 1 unspecified atom stereocenters. The maximum absolute atomic E-state index is 10.6. The van der Waals surface area contributed by atoms with Gasteiger partial charge in [0.15, 0.2) is 0 Å². The fourth-order valence-electron chi connectivity index (χ4n) is 0.743. The molecular formula is C7H17O3P. The van der Waals surface area contributed by atoms with Crippen molar-refractivity contribution < 1.29 is 13.6 Å². The summed E-state index contributed by atoms with van der Waals surface area (Å²) < 4.78 is 19.9. The fraction of sp³-hybridized carbons (Fsp3) is 1.00. The van der Waals surface area contributed by atoms with Crippen LogP contribution in [0.3, 0.4) is 0 Å². The topological polar surface area (TPSA) is 35.5 Å². The first-order chi connectivity index (χ1) is 5.31. The molecule has 0 aromatic carbocycles. The molecule has 0 saturated heterocycles. The minimum atomic E-state index is -2.17. The van der Waals surface area contributed by atoms with Crippen molar-refractivity contribution in [2.24, 2.45) is 0 Å². The van der Waals surface area contributed by atoms with Crippen LogP contribution in [0.5, 0.6) is 0 Å². The zero-order valence-electron chi connectivity index (χ0n) is 7.26. The van der Waals surface area contributed by atoms with E-state index >= 15 is 0 Å². The van der Waals surface area contributed by atoms with Crippen molar-refractivity contribution in [3.05, 3.63) is 0 Å². The summed E-state index contributed by atoms with van der Waals surface area (Å²) in [7, 11) is -0.770. The van der Waals surface area contributed by atoms with Crippen molar-refractivity contribution in [1.29, 1.82) is 0 Å². The van der Waals surface area contributed by atoms with Crippen LogP contribution in [-0.4, -0.2) is 13.7 Å². The Hall–Kier alpha value is 0.150. The summed E-state index contributed by atoms with van der Waals surface area (Å²) in [5.74, 6) is 0. The van der Waals surface area contributed by atoms with Crippen molar-refractivity contribution in [1.82, 2.24) is 0 Å². The van der Waals surface area contributed by atoms with Crippen molar-refractivity contribution in [2.75, 3.05) is 13.7 Å². The van der Waals surface area contributed by atoms with E-state index in [0.717, 1.165) is 12.8 Å². The molecule has 4 heteroatoms. The van der Waals surface area contributed by atoms with Gasteiger partial charge in [-0.3, -0.25) is 4.57 Å². The van der Waals surface area contributed by atoms with Gasteiger partial charge in [-0.05, 0) is 6.42 Å². The first kappa shape index (κ1) is 11.2. The monoisotopic (exact) mass is 180 g/mol. The van der Waals surface area contributed by atoms with Gasteiger partial charge >= 0.3 is 8.25 Å². The van der Waals surface area contributed by atoms with Crippen LogP contribution in [-0.2, 0) is 13.6 Å². The predicted octanol–water partition coefficient (Wildman–Crippen LogP) is 2.62. The normalized spacial score (nSPS) is 13.3. The van der Waals surface area contributed by atoms with Gasteiger partial charge in [-0.15, -0.1) is 0 Å². The van der Waals surface area contributed by atoms with Crippen LogP contribution in [0, 0.1) is 0 Å². The van der Waals surface area contributed by atoms with Gasteiger partial charge in [-0.25, -0.2) is 0 Å². The van der Waals surface area contributed by atoms with E-state index in [0.29, 0.717) is 6.61 Å². The van der Waals surface area contributed by atoms with Crippen LogP contribution in [0.25, 0.3) is 0 Å². The highest BCUT2D eigenvalue weighted by Crippen LogP contribution is 2.21. The minimum absolute atomic E-state index is 0.561. The third-order valence-corrected chi connectivity index (χ3v) is 2.16. The highest BCUT2D eigenvalue weighted by Gasteiger charge is 1.94. The predicted molar refractivity (Wildman–Crippen MR) is 46.1 cm³/mol. The molecular weight excluding hydrogens is 163 g/mol. The van der Waals surface area contributed by atoms with E-state index in [4.69, 9.17) is 4.52 Å². The Bertz CT molecular complexity index is 106. The summed E-state index contributed by atoms with van der Waals surface area (Å²) in [5.41, 5.74) is 0. The van der Waals surface area contributed by atoms with Crippen LogP contribution in [0.4, 0.5) is 0 Å². The molecule has 0 saturated carbocycles. The second kappa shape index (κ2) is 8.25. The third-order valence-electron chi connectivity index (χ3n) is 1.38. The molecule has 1 atom stereocenters. The molecule has 68 valence electrons. The van der Waals surface area contributed by atoms with E-state index in [-0.39, 0.29) is 0 Å². The Morgan fingerprint density at radius 1 is 1.27 bits per heavy atom. The largest absolute Gasteiger partial charge is 0.318 e. The van der Waals surface area contributed by atoms with Gasteiger partial charge in [0.2, 0.25) is 0 Å². The maximum atomic E-state index is 10.6. The summed E-state index contributed by atoms with van der Waals surface area (Å²) in [6.07, 6.45) is 4.56. The lowest BCUT2D eigenvalue weighted by molar-refractivity contribution is 0.250. The molecule has 11 heavy (non-hydrogen) atoms. The van der Waals surface area contributed by atoms with E-state index < -0.39 is 8.25 Å². The van der Waals surface area contributed by atoms with E-state index in [9.17, 15) is 4.57 Å². The molecule has 0 spiro atoms. The van der Waals surface area contributed by atoms with Crippen LogP contribution in [0.15, 0.2) is 0 Å². The highest BCUT2D eigenvalue weighted by molar-refractivity contribution is 7.33. The molecule has 0 aromatic heterocycles. The molecule has 0 aliphatic heterocycles. The Morgan fingerprint density at radius 2 is 2.00 bits per heavy atom. The molecule has 0 heterocycles. The molecule has 0 bridgehead atoms. The van der Waals surface area contributed by atoms with Crippen LogP contribution < -0.4 is 0 Å². The first-order valence-corrected chi connectivity index (χ1v) is 5.24. The zero-order valence-corrected chi connectivity index (χ0v) is 8.26. The average Bonchev–Trinajstić information content (AvgIpc) is 2.04. The molecule has 0 radical (unpaired) electrons. The van der Waals surface area contributed by atoms with Gasteiger partial charge in [-0.1, -0.05) is 26.2 Å². The van der Waals surface area contributed by atoms with Gasteiger partial charge in [0.1, 0.15) is 0 Å². The fourth-order valence-corrected chi connectivity index (χ4v) is 1.17. The smallest absolute Gasteiger partial charge is 0.314 e. The highest BCUT2D eigenvalue weighted by atomic mass is 31.1. The van der Waals surface area contributed by atoms with Crippen molar-refractivity contribution in [2.45, 2.75) is 32.6 Å². The standard InChI is InChI=1S/C7H17O3P/c1-3-4-5-6-7-10-11(8)9-2/h11H,3-7H2,1-2H3. The lowest BCUT2D eigenvalue weighted by Crippen LogP contribution is -1.87. The number of rotatable bonds is 7. The first-order valence-electron chi connectivity index (χ1n) is 4.02. The van der Waals surface area contributed by atoms with Gasteiger partial charge in [0.05, 0.1) is 6.61 Å². The number of hydrogen-bond donors (Lipinski definition) is 0. The molecule has 0 aliphatic carbocycles. The van der Waals surface area contributed by atoms with Crippen LogP contribution in [0.2, 0.25) is 0 Å². The molecule has 0 aliphatic rings. The van der Waals surface area contributed by atoms with Gasteiger partial charge in [0.25, 0.3) is 0 Å².